The smallest absolute Gasteiger partial charge is 0.309 e. The second kappa shape index (κ2) is 10.0. The zero-order chi connectivity index (χ0) is 22.4. The number of amides is 1. The molecule has 0 aliphatic heterocycles. The maximum absolute atomic E-state index is 13.3. The molecule has 2 aromatic carbocycles. The number of ether oxygens (including phenoxy) is 1. The molecule has 0 aliphatic rings. The summed E-state index contributed by atoms with van der Waals surface area (Å²) in [6.45, 7) is 12.0. The Hall–Kier alpha value is -2.44. The first-order chi connectivity index (χ1) is 14.0. The van der Waals surface area contributed by atoms with Crippen molar-refractivity contribution in [1.82, 2.24) is 0 Å². The normalized spacial score (nSPS) is 11.8. The van der Waals surface area contributed by atoms with E-state index in [-0.39, 0.29) is 23.3 Å². The topological polar surface area (TPSA) is 55.8 Å². The van der Waals surface area contributed by atoms with E-state index in [2.05, 4.69) is 33.9 Å². The van der Waals surface area contributed by atoms with Crippen molar-refractivity contribution in [1.29, 1.82) is 0 Å². The fraction of sp³-hybridized carbons (Fsp3) is 0.417. The van der Waals surface area contributed by atoms with E-state index in [1.807, 2.05) is 30.3 Å². The van der Waals surface area contributed by atoms with Crippen LogP contribution < -0.4 is 4.90 Å². The molecule has 30 heavy (non-hydrogen) atoms. The Morgan fingerprint density at radius 2 is 1.57 bits per heavy atom. The molecule has 162 valence electrons. The van der Waals surface area contributed by atoms with Gasteiger partial charge in [0.25, 0.3) is 5.91 Å². The molecule has 0 unspecified atom stereocenters. The van der Waals surface area contributed by atoms with Gasteiger partial charge in [0.1, 0.15) is 0 Å². The third kappa shape index (κ3) is 6.28. The number of benzene rings is 2. The summed E-state index contributed by atoms with van der Waals surface area (Å²) in [5, 5.41) is 0.115. The number of methoxy groups -OCH3 is 1. The van der Waals surface area contributed by atoms with Gasteiger partial charge in [-0.2, -0.15) is 0 Å². The lowest BCUT2D eigenvalue weighted by Crippen LogP contribution is -2.43. The number of esters is 1. The van der Waals surface area contributed by atoms with E-state index in [1.165, 1.54) is 7.11 Å². The molecule has 0 bridgehead atoms. The third-order valence-electron chi connectivity index (χ3n) is 5.67. The van der Waals surface area contributed by atoms with Gasteiger partial charge in [-0.15, -0.1) is 0 Å². The molecule has 2 aromatic rings. The molecule has 2 rings (SSSR count). The van der Waals surface area contributed by atoms with E-state index in [1.54, 1.807) is 29.2 Å². The van der Waals surface area contributed by atoms with Crippen LogP contribution in [0.4, 0.5) is 5.69 Å². The monoisotopic (exact) mass is 427 g/mol. The minimum absolute atomic E-state index is 0.0929. The molecule has 0 saturated heterocycles. The van der Waals surface area contributed by atoms with E-state index >= 15 is 0 Å². The number of hydrogen-bond acceptors (Lipinski definition) is 4. The fourth-order valence-corrected chi connectivity index (χ4v) is 3.76. The van der Waals surface area contributed by atoms with Crippen molar-refractivity contribution in [2.45, 2.75) is 45.3 Å². The van der Waals surface area contributed by atoms with Crippen LogP contribution in [0.25, 0.3) is 0 Å². The molecule has 0 fully saturated rings. The van der Waals surface area contributed by atoms with E-state index in [9.17, 15) is 9.59 Å². The van der Waals surface area contributed by atoms with Crippen LogP contribution in [-0.4, -0.2) is 40.5 Å². The predicted octanol–water partition coefficient (Wildman–Crippen LogP) is 5.07. The molecule has 0 saturated carbocycles. The molecule has 0 heterocycles. The molecule has 5 nitrogen and oxygen atoms in total. The number of rotatable bonds is 8. The van der Waals surface area contributed by atoms with Gasteiger partial charge in [-0.1, -0.05) is 51.1 Å². The number of carbonyl (C=O) groups is 2. The van der Waals surface area contributed by atoms with E-state index in [0.717, 1.165) is 11.3 Å². The predicted molar refractivity (Wildman–Crippen MR) is 123 cm³/mol. The Balaban J connectivity index is 2.17. The molecule has 0 aromatic heterocycles. The number of nitrogens with zero attached hydrogens (tertiary/aromatic N) is 1. The first-order valence-electron chi connectivity index (χ1n) is 10.2. The summed E-state index contributed by atoms with van der Waals surface area (Å²) in [5.74, 6) is -0.396. The number of carbonyl (C=O) groups excluding carboxylic acids is 2. The van der Waals surface area contributed by atoms with Gasteiger partial charge in [0.15, 0.2) is 8.32 Å². The lowest BCUT2D eigenvalue weighted by Gasteiger charge is -2.36. The van der Waals surface area contributed by atoms with E-state index in [0.29, 0.717) is 18.7 Å². The highest BCUT2D eigenvalue weighted by Crippen LogP contribution is 2.36. The second-order valence-electron chi connectivity index (χ2n) is 8.85. The molecule has 0 atom stereocenters. The van der Waals surface area contributed by atoms with Gasteiger partial charge < -0.3 is 14.1 Å². The van der Waals surface area contributed by atoms with Crippen LogP contribution in [0.3, 0.4) is 0 Å². The van der Waals surface area contributed by atoms with Crippen LogP contribution in [0, 0.1) is 0 Å². The lowest BCUT2D eigenvalue weighted by molar-refractivity contribution is -0.139. The summed E-state index contributed by atoms with van der Waals surface area (Å²) in [6, 6.07) is 16.7. The fourth-order valence-electron chi connectivity index (χ4n) is 2.72. The van der Waals surface area contributed by atoms with Crippen LogP contribution in [-0.2, 0) is 20.4 Å². The van der Waals surface area contributed by atoms with Crippen LogP contribution in [0.15, 0.2) is 54.6 Å². The first kappa shape index (κ1) is 23.8. The maximum atomic E-state index is 13.3. The van der Waals surface area contributed by atoms with Crippen molar-refractivity contribution in [3.63, 3.8) is 0 Å². The van der Waals surface area contributed by atoms with Gasteiger partial charge in [-0.05, 0) is 48.0 Å². The van der Waals surface area contributed by atoms with Crippen LogP contribution in [0.5, 0.6) is 0 Å². The van der Waals surface area contributed by atoms with Gasteiger partial charge in [0.2, 0.25) is 0 Å². The molecule has 0 N–H and O–H groups in total. The number of anilines is 1. The quantitative estimate of drug-likeness (QED) is 0.436. The summed E-state index contributed by atoms with van der Waals surface area (Å²) >= 11 is 0. The van der Waals surface area contributed by atoms with Crippen molar-refractivity contribution in [2.24, 2.45) is 0 Å². The van der Waals surface area contributed by atoms with Gasteiger partial charge in [0.05, 0.1) is 20.1 Å². The van der Waals surface area contributed by atoms with Crippen LogP contribution in [0.1, 0.15) is 36.7 Å². The van der Waals surface area contributed by atoms with Gasteiger partial charge in [-0.25, -0.2) is 0 Å². The largest absolute Gasteiger partial charge is 0.469 e. The summed E-state index contributed by atoms with van der Waals surface area (Å²) in [5.41, 5.74) is 2.21. The zero-order valence-electron chi connectivity index (χ0n) is 18.9. The standard InChI is InChI=1S/C24H33NO4Si/c1-24(2,3)30(5,6)29-17-16-25(21-10-8-7-9-11-21)23(27)20-14-12-19(13-15-20)18-22(26)28-4/h7-15H,16-18H2,1-6H3. The Kier molecular flexibility index (Phi) is 7.98. The Morgan fingerprint density at radius 1 is 0.967 bits per heavy atom. The minimum atomic E-state index is -1.90. The lowest BCUT2D eigenvalue weighted by atomic mass is 10.1. The van der Waals surface area contributed by atoms with E-state index < -0.39 is 8.32 Å². The Morgan fingerprint density at radius 3 is 2.10 bits per heavy atom. The second-order valence-corrected chi connectivity index (χ2v) is 13.7. The number of hydrogen-bond donors (Lipinski definition) is 0. The summed E-state index contributed by atoms with van der Waals surface area (Å²) < 4.78 is 11.0. The highest BCUT2D eigenvalue weighted by atomic mass is 28.4. The van der Waals surface area contributed by atoms with Gasteiger partial charge in [-0.3, -0.25) is 9.59 Å². The maximum Gasteiger partial charge on any atom is 0.309 e. The third-order valence-corrected chi connectivity index (χ3v) is 10.2. The first-order valence-corrected chi connectivity index (χ1v) is 13.1. The van der Waals surface area contributed by atoms with Crippen molar-refractivity contribution in [3.8, 4) is 0 Å². The molecular formula is C24H33NO4Si. The molecule has 1 amide bonds. The van der Waals surface area contributed by atoms with Gasteiger partial charge in [0, 0.05) is 17.8 Å². The molecule has 6 heteroatoms. The molecule has 0 aliphatic carbocycles. The molecular weight excluding hydrogens is 394 g/mol. The van der Waals surface area contributed by atoms with Gasteiger partial charge >= 0.3 is 5.97 Å². The van der Waals surface area contributed by atoms with Crippen molar-refractivity contribution >= 4 is 25.9 Å². The molecule has 0 spiro atoms. The van der Waals surface area contributed by atoms with Crippen LogP contribution in [0.2, 0.25) is 18.1 Å². The summed E-state index contributed by atoms with van der Waals surface area (Å²) in [4.78, 5) is 26.5. The average molecular weight is 428 g/mol. The van der Waals surface area contributed by atoms with Crippen molar-refractivity contribution < 1.29 is 18.8 Å². The Labute approximate surface area is 181 Å². The highest BCUT2D eigenvalue weighted by molar-refractivity contribution is 6.74. The molecule has 0 radical (unpaired) electrons. The SMILES string of the molecule is COC(=O)Cc1ccc(C(=O)N(CCO[Si](C)(C)C(C)(C)C)c2ccccc2)cc1. The zero-order valence-corrected chi connectivity index (χ0v) is 19.9. The summed E-state index contributed by atoms with van der Waals surface area (Å²) in [6.07, 6.45) is 0.188. The van der Waals surface area contributed by atoms with Crippen LogP contribution >= 0.6 is 0 Å². The Bertz CT molecular complexity index is 842. The highest BCUT2D eigenvalue weighted by Gasteiger charge is 2.37. The van der Waals surface area contributed by atoms with Crippen molar-refractivity contribution in [2.75, 3.05) is 25.2 Å². The summed E-state index contributed by atoms with van der Waals surface area (Å²) in [7, 11) is -0.530. The van der Waals surface area contributed by atoms with Crippen molar-refractivity contribution in [3.05, 3.63) is 65.7 Å². The minimum Gasteiger partial charge on any atom is -0.469 e. The van der Waals surface area contributed by atoms with E-state index in [4.69, 9.17) is 9.16 Å². The number of para-hydroxylation sites is 1. The average Bonchev–Trinajstić information content (AvgIpc) is 2.71.